The second kappa shape index (κ2) is 5.98. The van der Waals surface area contributed by atoms with Crippen LogP contribution in [-0.4, -0.2) is 17.0 Å². The van der Waals surface area contributed by atoms with E-state index in [1.165, 1.54) is 6.07 Å². The summed E-state index contributed by atoms with van der Waals surface area (Å²) >= 11 is 0. The molecule has 2 N–H and O–H groups in total. The second-order valence-corrected chi connectivity index (χ2v) is 4.94. The van der Waals surface area contributed by atoms with Crippen LogP contribution in [0.5, 0.6) is 0 Å². The largest absolute Gasteiger partial charge is 0.481 e. The minimum absolute atomic E-state index is 0.0756. The van der Waals surface area contributed by atoms with Gasteiger partial charge in [-0.05, 0) is 18.9 Å². The van der Waals surface area contributed by atoms with Gasteiger partial charge in [0.2, 0.25) is 5.91 Å². The Morgan fingerprint density at radius 1 is 1.25 bits per heavy atom. The molecule has 1 aromatic carbocycles. The van der Waals surface area contributed by atoms with Crippen molar-refractivity contribution in [2.75, 3.05) is 0 Å². The Bertz CT molecular complexity index is 533. The monoisotopic (exact) mass is 283 g/mol. The highest BCUT2D eigenvalue weighted by Crippen LogP contribution is 2.32. The van der Waals surface area contributed by atoms with E-state index in [9.17, 15) is 18.4 Å². The number of hydrogen-bond acceptors (Lipinski definition) is 2. The molecule has 0 spiro atoms. The molecule has 0 radical (unpaired) electrons. The molecule has 2 rings (SSSR count). The summed E-state index contributed by atoms with van der Waals surface area (Å²) < 4.78 is 26.1. The van der Waals surface area contributed by atoms with Crippen molar-refractivity contribution in [3.8, 4) is 0 Å². The van der Waals surface area contributed by atoms with Crippen LogP contribution in [0.4, 0.5) is 8.78 Å². The molecular formula is C14H15F2NO3. The van der Waals surface area contributed by atoms with Gasteiger partial charge in [-0.2, -0.15) is 0 Å². The number of carboxylic acid groups (broad SMARTS) is 1. The Kier molecular flexibility index (Phi) is 4.32. The molecule has 2 atom stereocenters. The number of halogens is 2. The smallest absolute Gasteiger partial charge is 0.307 e. The van der Waals surface area contributed by atoms with Crippen LogP contribution in [0.3, 0.4) is 0 Å². The standard InChI is InChI=1S/C14H15F2NO3/c15-9-5-4-8(12(16)6-9)7-17-13(18)10-2-1-3-11(10)14(19)20/h4-6,10-11H,1-3,7H2,(H,17,18)(H,19,20)/t10-,11+/m1/s1. The quantitative estimate of drug-likeness (QED) is 0.889. The molecule has 1 fully saturated rings. The van der Waals surface area contributed by atoms with Crippen LogP contribution in [0.25, 0.3) is 0 Å². The zero-order valence-corrected chi connectivity index (χ0v) is 10.7. The third-order valence-corrected chi connectivity index (χ3v) is 3.64. The van der Waals surface area contributed by atoms with Gasteiger partial charge in [-0.15, -0.1) is 0 Å². The molecule has 108 valence electrons. The van der Waals surface area contributed by atoms with Crippen LogP contribution < -0.4 is 5.32 Å². The molecule has 0 bridgehead atoms. The summed E-state index contributed by atoms with van der Waals surface area (Å²) in [6, 6.07) is 3.12. The van der Waals surface area contributed by atoms with Gasteiger partial charge in [0, 0.05) is 18.2 Å². The van der Waals surface area contributed by atoms with E-state index in [4.69, 9.17) is 5.11 Å². The number of nitrogens with one attached hydrogen (secondary N) is 1. The average Bonchev–Trinajstić information content (AvgIpc) is 2.86. The molecule has 0 aromatic heterocycles. The minimum Gasteiger partial charge on any atom is -0.481 e. The van der Waals surface area contributed by atoms with Gasteiger partial charge in [-0.3, -0.25) is 9.59 Å². The van der Waals surface area contributed by atoms with Gasteiger partial charge >= 0.3 is 5.97 Å². The molecule has 0 aliphatic heterocycles. The first kappa shape index (κ1) is 14.4. The average molecular weight is 283 g/mol. The number of carbonyl (C=O) groups is 2. The Labute approximate surface area is 114 Å². The van der Waals surface area contributed by atoms with Crippen molar-refractivity contribution in [1.29, 1.82) is 0 Å². The Hall–Kier alpha value is -1.98. The van der Waals surface area contributed by atoms with Gasteiger partial charge in [0.15, 0.2) is 0 Å². The summed E-state index contributed by atoms with van der Waals surface area (Å²) in [7, 11) is 0. The van der Waals surface area contributed by atoms with E-state index in [0.717, 1.165) is 12.1 Å². The Morgan fingerprint density at radius 3 is 2.60 bits per heavy atom. The summed E-state index contributed by atoms with van der Waals surface area (Å²) in [5.74, 6) is -4.02. The van der Waals surface area contributed by atoms with Crippen molar-refractivity contribution in [1.82, 2.24) is 5.32 Å². The zero-order valence-electron chi connectivity index (χ0n) is 10.7. The lowest BCUT2D eigenvalue weighted by Gasteiger charge is -2.15. The predicted octanol–water partition coefficient (Wildman–Crippen LogP) is 2.08. The highest BCUT2D eigenvalue weighted by molar-refractivity contribution is 5.85. The van der Waals surface area contributed by atoms with Gasteiger partial charge in [0.1, 0.15) is 11.6 Å². The van der Waals surface area contributed by atoms with Crippen LogP contribution in [0.1, 0.15) is 24.8 Å². The number of amides is 1. The molecule has 1 aliphatic carbocycles. The number of rotatable bonds is 4. The highest BCUT2D eigenvalue weighted by Gasteiger charge is 2.37. The minimum atomic E-state index is -0.976. The summed E-state index contributed by atoms with van der Waals surface area (Å²) in [5.41, 5.74) is 0.171. The van der Waals surface area contributed by atoms with E-state index in [0.29, 0.717) is 19.3 Å². The van der Waals surface area contributed by atoms with Crippen LogP contribution in [-0.2, 0) is 16.1 Å². The van der Waals surface area contributed by atoms with Crippen LogP contribution in [0, 0.1) is 23.5 Å². The summed E-state index contributed by atoms with van der Waals surface area (Å²) in [5, 5.41) is 11.5. The summed E-state index contributed by atoms with van der Waals surface area (Å²) in [4.78, 5) is 22.9. The lowest BCUT2D eigenvalue weighted by Crippen LogP contribution is -2.35. The van der Waals surface area contributed by atoms with Gasteiger partial charge < -0.3 is 10.4 Å². The molecule has 20 heavy (non-hydrogen) atoms. The third-order valence-electron chi connectivity index (χ3n) is 3.64. The summed E-state index contributed by atoms with van der Waals surface area (Å²) in [6.45, 7) is -0.0756. The maximum Gasteiger partial charge on any atom is 0.307 e. The maximum absolute atomic E-state index is 13.4. The van der Waals surface area contributed by atoms with Gasteiger partial charge in [-0.1, -0.05) is 12.5 Å². The van der Waals surface area contributed by atoms with Crippen LogP contribution in [0.15, 0.2) is 18.2 Å². The van der Waals surface area contributed by atoms with E-state index in [2.05, 4.69) is 5.32 Å². The third kappa shape index (κ3) is 3.12. The van der Waals surface area contributed by atoms with E-state index < -0.39 is 35.3 Å². The molecular weight excluding hydrogens is 268 g/mol. The Morgan fingerprint density at radius 2 is 1.95 bits per heavy atom. The van der Waals surface area contributed by atoms with Crippen molar-refractivity contribution < 1.29 is 23.5 Å². The number of benzene rings is 1. The molecule has 1 saturated carbocycles. The first-order valence-electron chi connectivity index (χ1n) is 6.43. The zero-order chi connectivity index (χ0) is 14.7. The van der Waals surface area contributed by atoms with Gasteiger partial charge in [-0.25, -0.2) is 8.78 Å². The Balaban J connectivity index is 1.96. The normalized spacial score (nSPS) is 21.7. The molecule has 1 aromatic rings. The number of carboxylic acids is 1. The maximum atomic E-state index is 13.4. The molecule has 0 unspecified atom stereocenters. The molecule has 1 amide bonds. The molecule has 1 aliphatic rings. The van der Waals surface area contributed by atoms with Crippen molar-refractivity contribution in [2.45, 2.75) is 25.8 Å². The van der Waals surface area contributed by atoms with Gasteiger partial charge in [0.05, 0.1) is 11.8 Å². The number of carbonyl (C=O) groups excluding carboxylic acids is 1. The van der Waals surface area contributed by atoms with Crippen molar-refractivity contribution in [3.05, 3.63) is 35.4 Å². The SMILES string of the molecule is O=C(O)[C@H]1CCC[C@H]1C(=O)NCc1ccc(F)cc1F. The first-order chi connectivity index (χ1) is 9.49. The van der Waals surface area contributed by atoms with Crippen molar-refractivity contribution in [3.63, 3.8) is 0 Å². The molecule has 4 nitrogen and oxygen atoms in total. The van der Waals surface area contributed by atoms with Gasteiger partial charge in [0.25, 0.3) is 0 Å². The highest BCUT2D eigenvalue weighted by atomic mass is 19.1. The van der Waals surface area contributed by atoms with Crippen LogP contribution in [0.2, 0.25) is 0 Å². The predicted molar refractivity (Wildman–Crippen MR) is 66.7 cm³/mol. The lowest BCUT2D eigenvalue weighted by atomic mass is 9.95. The van der Waals surface area contributed by atoms with Crippen molar-refractivity contribution >= 4 is 11.9 Å². The second-order valence-electron chi connectivity index (χ2n) is 4.94. The van der Waals surface area contributed by atoms with E-state index in [1.54, 1.807) is 0 Å². The number of hydrogen-bond donors (Lipinski definition) is 2. The van der Waals surface area contributed by atoms with E-state index in [1.807, 2.05) is 0 Å². The summed E-state index contributed by atoms with van der Waals surface area (Å²) in [6.07, 6.45) is 1.70. The molecule has 0 heterocycles. The fraction of sp³-hybridized carbons (Fsp3) is 0.429. The molecule has 6 heteroatoms. The fourth-order valence-corrected chi connectivity index (χ4v) is 2.55. The van der Waals surface area contributed by atoms with E-state index in [-0.39, 0.29) is 12.1 Å². The fourth-order valence-electron chi connectivity index (χ4n) is 2.55. The first-order valence-corrected chi connectivity index (χ1v) is 6.43. The number of aliphatic carboxylic acids is 1. The van der Waals surface area contributed by atoms with E-state index >= 15 is 0 Å². The van der Waals surface area contributed by atoms with Crippen molar-refractivity contribution in [2.24, 2.45) is 11.8 Å². The lowest BCUT2D eigenvalue weighted by molar-refractivity contribution is -0.146. The van der Waals surface area contributed by atoms with Crippen LogP contribution >= 0.6 is 0 Å². The topological polar surface area (TPSA) is 66.4 Å². The molecule has 0 saturated heterocycles.